The lowest BCUT2D eigenvalue weighted by Gasteiger charge is -2.37. The smallest absolute Gasteiger partial charge is 0.333 e. The summed E-state index contributed by atoms with van der Waals surface area (Å²) in [6.45, 7) is 7.24. The average molecular weight is 358 g/mol. The van der Waals surface area contributed by atoms with Gasteiger partial charge in [-0.1, -0.05) is 60.7 Å². The fourth-order valence-corrected chi connectivity index (χ4v) is 2.55. The summed E-state index contributed by atoms with van der Waals surface area (Å²) in [6, 6.07) is 22.4. The van der Waals surface area contributed by atoms with Gasteiger partial charge in [-0.2, -0.15) is 0 Å². The van der Waals surface area contributed by atoms with E-state index in [0.717, 1.165) is 27.8 Å². The molecule has 0 aliphatic carbocycles. The lowest BCUT2D eigenvalue weighted by molar-refractivity contribution is -0.0893. The molecule has 27 heavy (non-hydrogen) atoms. The van der Waals surface area contributed by atoms with Crippen LogP contribution in [0.3, 0.4) is 0 Å². The van der Waals surface area contributed by atoms with Crippen molar-refractivity contribution < 1.29 is 9.76 Å². The van der Waals surface area contributed by atoms with Gasteiger partial charge in [0.2, 0.25) is 0 Å². The zero-order valence-electron chi connectivity index (χ0n) is 16.3. The molecule has 137 valence electrons. The normalized spacial score (nSPS) is 12.0. The van der Waals surface area contributed by atoms with Crippen molar-refractivity contribution in [1.29, 1.82) is 0 Å². The van der Waals surface area contributed by atoms with Gasteiger partial charge in [0.1, 0.15) is 0 Å². The summed E-state index contributed by atoms with van der Waals surface area (Å²) in [4.78, 5) is 4.62. The van der Waals surface area contributed by atoms with Crippen LogP contribution in [0.4, 0.5) is 0 Å². The van der Waals surface area contributed by atoms with E-state index >= 15 is 0 Å². The highest BCUT2D eigenvalue weighted by Crippen LogP contribution is 2.26. The Morgan fingerprint density at radius 3 is 1.96 bits per heavy atom. The second-order valence-electron chi connectivity index (χ2n) is 7.69. The molecule has 0 spiro atoms. The Morgan fingerprint density at radius 1 is 0.852 bits per heavy atom. The van der Waals surface area contributed by atoms with Crippen LogP contribution in [0.5, 0.6) is 0 Å². The van der Waals surface area contributed by atoms with Gasteiger partial charge in [0.05, 0.1) is 16.9 Å². The first-order valence-electron chi connectivity index (χ1n) is 9.12. The number of hydrogen-bond donors (Lipinski definition) is 1. The third kappa shape index (κ3) is 4.47. The van der Waals surface area contributed by atoms with Crippen molar-refractivity contribution in [3.63, 3.8) is 0 Å². The van der Waals surface area contributed by atoms with Gasteiger partial charge in [-0.15, -0.1) is 0 Å². The Labute approximate surface area is 162 Å². The predicted molar refractivity (Wildman–Crippen MR) is 112 cm³/mol. The Bertz CT molecular complexity index is 887. The highest BCUT2D eigenvalue weighted by atomic mass is 16.5. The summed E-state index contributed by atoms with van der Waals surface area (Å²) in [5, 5.41) is 10.3. The monoisotopic (exact) mass is 358 g/mol. The molecular formula is C23H25BNO2. The molecule has 0 unspecified atom stereocenters. The van der Waals surface area contributed by atoms with Crippen LogP contribution in [0, 0.1) is 0 Å². The van der Waals surface area contributed by atoms with Crippen molar-refractivity contribution in [2.24, 2.45) is 0 Å². The van der Waals surface area contributed by atoms with Crippen molar-refractivity contribution in [1.82, 2.24) is 4.98 Å². The van der Waals surface area contributed by atoms with Gasteiger partial charge in [-0.05, 0) is 50.4 Å². The average Bonchev–Trinajstić information content (AvgIpc) is 2.67. The highest BCUT2D eigenvalue weighted by Gasteiger charge is 2.36. The minimum atomic E-state index is -0.978. The third-order valence-electron chi connectivity index (χ3n) is 5.04. The number of nitrogens with zero attached hydrogens (tertiary/aromatic N) is 1. The summed E-state index contributed by atoms with van der Waals surface area (Å²) >= 11 is 0. The van der Waals surface area contributed by atoms with Crippen LogP contribution < -0.4 is 5.46 Å². The number of benzene rings is 2. The molecular weight excluding hydrogens is 333 g/mol. The topological polar surface area (TPSA) is 42.4 Å². The maximum absolute atomic E-state index is 10.3. The SMILES string of the molecule is CC(C)(O)C(C)(C)O[B]c1cnc(-c2ccccc2)cc1-c1ccccc1. The van der Waals surface area contributed by atoms with E-state index in [9.17, 15) is 5.11 Å². The molecule has 0 bridgehead atoms. The molecule has 0 saturated carbocycles. The fraction of sp³-hybridized carbons (Fsp3) is 0.261. The lowest BCUT2D eigenvalue weighted by Crippen LogP contribution is -2.49. The molecule has 3 nitrogen and oxygen atoms in total. The Balaban J connectivity index is 1.98. The second-order valence-corrected chi connectivity index (χ2v) is 7.69. The summed E-state index contributed by atoms with van der Waals surface area (Å²) in [5.41, 5.74) is 3.27. The zero-order valence-corrected chi connectivity index (χ0v) is 16.3. The molecule has 0 aliphatic heterocycles. The van der Waals surface area contributed by atoms with Gasteiger partial charge >= 0.3 is 7.48 Å². The molecule has 2 aromatic carbocycles. The van der Waals surface area contributed by atoms with Crippen LogP contribution in [0.15, 0.2) is 72.9 Å². The molecule has 0 saturated heterocycles. The molecule has 1 aromatic heterocycles. The fourth-order valence-electron chi connectivity index (χ4n) is 2.55. The van der Waals surface area contributed by atoms with E-state index in [1.54, 1.807) is 21.3 Å². The number of aromatic nitrogens is 1. The Hall–Kier alpha value is -2.43. The number of hydrogen-bond acceptors (Lipinski definition) is 3. The van der Waals surface area contributed by atoms with Gasteiger partial charge in [-0.25, -0.2) is 0 Å². The predicted octanol–water partition coefficient (Wildman–Crippen LogP) is 4.23. The maximum atomic E-state index is 10.3. The minimum absolute atomic E-state index is 0.737. The van der Waals surface area contributed by atoms with E-state index in [2.05, 4.69) is 23.2 Å². The molecule has 1 heterocycles. The van der Waals surface area contributed by atoms with E-state index in [1.165, 1.54) is 0 Å². The van der Waals surface area contributed by atoms with E-state index in [1.807, 2.05) is 68.6 Å². The summed E-state index contributed by atoms with van der Waals surface area (Å²) in [6.07, 6.45) is 1.82. The number of aliphatic hydroxyl groups is 1. The molecule has 3 aromatic rings. The minimum Gasteiger partial charge on any atom is -0.427 e. The van der Waals surface area contributed by atoms with Crippen LogP contribution in [0.25, 0.3) is 22.4 Å². The Morgan fingerprint density at radius 2 is 1.41 bits per heavy atom. The molecule has 1 radical (unpaired) electrons. The van der Waals surface area contributed by atoms with Gasteiger partial charge < -0.3 is 9.76 Å². The van der Waals surface area contributed by atoms with Crippen molar-refractivity contribution >= 4 is 12.9 Å². The van der Waals surface area contributed by atoms with Crippen LogP contribution in [-0.2, 0) is 4.65 Å². The lowest BCUT2D eigenvalue weighted by atomic mass is 9.79. The van der Waals surface area contributed by atoms with Crippen LogP contribution in [0.1, 0.15) is 27.7 Å². The Kier molecular flexibility index (Phi) is 5.49. The number of pyridine rings is 1. The van der Waals surface area contributed by atoms with Crippen molar-refractivity contribution in [3.05, 3.63) is 72.9 Å². The van der Waals surface area contributed by atoms with Gasteiger partial charge in [0, 0.05) is 11.8 Å². The molecule has 4 heteroatoms. The van der Waals surface area contributed by atoms with Crippen molar-refractivity contribution in [2.45, 2.75) is 38.9 Å². The van der Waals surface area contributed by atoms with Crippen molar-refractivity contribution in [3.8, 4) is 22.4 Å². The molecule has 0 amide bonds. The van der Waals surface area contributed by atoms with Gasteiger partial charge in [-0.3, -0.25) is 4.98 Å². The molecule has 0 atom stereocenters. The maximum Gasteiger partial charge on any atom is 0.333 e. The van der Waals surface area contributed by atoms with E-state index in [4.69, 9.17) is 4.65 Å². The summed E-state index contributed by atoms with van der Waals surface area (Å²) in [7, 11) is 1.70. The molecule has 3 rings (SSSR count). The molecule has 0 fully saturated rings. The number of rotatable bonds is 6. The first-order valence-corrected chi connectivity index (χ1v) is 9.12. The first-order chi connectivity index (χ1) is 12.8. The summed E-state index contributed by atoms with van der Waals surface area (Å²) in [5.74, 6) is 0. The van der Waals surface area contributed by atoms with Crippen molar-refractivity contribution in [2.75, 3.05) is 0 Å². The van der Waals surface area contributed by atoms with E-state index < -0.39 is 11.2 Å². The van der Waals surface area contributed by atoms with Crippen LogP contribution >= 0.6 is 0 Å². The first kappa shape index (κ1) is 19.3. The standard InChI is InChI=1S/C23H25BNO2/c1-22(2,26)23(3,4)27-24-20-16-25-21(18-13-9-6-10-14-18)15-19(20)17-11-7-5-8-12-17/h5-16,26H,1-4H3. The van der Waals surface area contributed by atoms with E-state index in [-0.39, 0.29) is 0 Å². The molecule has 0 aliphatic rings. The van der Waals surface area contributed by atoms with E-state index in [0.29, 0.717) is 0 Å². The van der Waals surface area contributed by atoms with Crippen LogP contribution in [-0.4, -0.2) is 28.8 Å². The van der Waals surface area contributed by atoms with Gasteiger partial charge in [0.15, 0.2) is 0 Å². The van der Waals surface area contributed by atoms with Crippen LogP contribution in [0.2, 0.25) is 0 Å². The second kappa shape index (κ2) is 7.67. The van der Waals surface area contributed by atoms with Gasteiger partial charge in [0.25, 0.3) is 0 Å². The highest BCUT2D eigenvalue weighted by molar-refractivity contribution is 6.49. The third-order valence-corrected chi connectivity index (χ3v) is 5.04. The molecule has 1 N–H and O–H groups in total. The zero-order chi connectivity index (χ0) is 19.5. The summed E-state index contributed by atoms with van der Waals surface area (Å²) < 4.78 is 5.97. The quantitative estimate of drug-likeness (QED) is 0.671. The largest absolute Gasteiger partial charge is 0.427 e.